The van der Waals surface area contributed by atoms with Crippen LogP contribution in [0.15, 0.2) is 18.2 Å². The second-order valence-electron chi connectivity index (χ2n) is 3.03. The Morgan fingerprint density at radius 1 is 1.40 bits per heavy atom. The first-order valence-electron chi connectivity index (χ1n) is 4.14. The molecule has 1 aromatic carbocycles. The lowest BCUT2D eigenvalue weighted by molar-refractivity contribution is -0.131. The number of carbonyl (C=O) groups is 1. The Bertz CT molecular complexity index is 384. The van der Waals surface area contributed by atoms with E-state index in [1.807, 2.05) is 0 Å². The molecule has 1 aromatic rings. The zero-order chi connectivity index (χ0) is 11.6. The fraction of sp³-hybridized carbons (Fsp3) is 0.222. The molecule has 0 heterocycles. The first-order valence-corrected chi connectivity index (χ1v) is 4.14. The van der Waals surface area contributed by atoms with Crippen LogP contribution < -0.4 is 11.5 Å². The van der Waals surface area contributed by atoms with Crippen molar-refractivity contribution >= 4 is 11.6 Å². The number of amides is 1. The highest BCUT2D eigenvalue weighted by Gasteiger charge is 2.25. The number of rotatable bonds is 3. The molecule has 6 N–H and O–H groups in total. The summed E-state index contributed by atoms with van der Waals surface area (Å²) in [5.74, 6) is -1.84. The van der Waals surface area contributed by atoms with Gasteiger partial charge in [0.25, 0.3) is 0 Å². The van der Waals surface area contributed by atoms with Gasteiger partial charge < -0.3 is 21.7 Å². The van der Waals surface area contributed by atoms with E-state index >= 15 is 0 Å². The van der Waals surface area contributed by atoms with Gasteiger partial charge in [-0.1, -0.05) is 12.1 Å². The summed E-state index contributed by atoms with van der Waals surface area (Å²) in [7, 11) is 0. The average molecular weight is 214 g/mol. The van der Waals surface area contributed by atoms with Gasteiger partial charge in [-0.2, -0.15) is 0 Å². The Hall–Kier alpha value is -1.66. The predicted octanol–water partition coefficient (Wildman–Crippen LogP) is -0.713. The van der Waals surface area contributed by atoms with E-state index in [4.69, 9.17) is 16.6 Å². The molecule has 0 aromatic heterocycles. The van der Waals surface area contributed by atoms with Gasteiger partial charge in [-0.25, -0.2) is 4.39 Å². The maximum atomic E-state index is 13.0. The average Bonchev–Trinajstić information content (AvgIpc) is 2.20. The normalized spacial score (nSPS) is 14.6. The van der Waals surface area contributed by atoms with Crippen molar-refractivity contribution in [3.05, 3.63) is 29.6 Å². The molecule has 0 bridgehead atoms. The molecule has 0 spiro atoms. The SMILES string of the molecule is NC(=O)C(O)C(O)c1cccc(F)c1N. The second-order valence-corrected chi connectivity index (χ2v) is 3.03. The van der Waals surface area contributed by atoms with Crippen LogP contribution in [0, 0.1) is 5.82 Å². The van der Waals surface area contributed by atoms with E-state index in [1.54, 1.807) is 0 Å². The molecule has 82 valence electrons. The number of benzene rings is 1. The Morgan fingerprint density at radius 3 is 2.53 bits per heavy atom. The molecular weight excluding hydrogens is 203 g/mol. The monoisotopic (exact) mass is 214 g/mol. The van der Waals surface area contributed by atoms with Gasteiger partial charge in [-0.15, -0.1) is 0 Å². The van der Waals surface area contributed by atoms with Crippen molar-refractivity contribution in [2.75, 3.05) is 5.73 Å². The number of primary amides is 1. The summed E-state index contributed by atoms with van der Waals surface area (Å²) >= 11 is 0. The van der Waals surface area contributed by atoms with Crippen molar-refractivity contribution in [3.8, 4) is 0 Å². The van der Waals surface area contributed by atoms with Crippen molar-refractivity contribution in [1.29, 1.82) is 0 Å². The van der Waals surface area contributed by atoms with E-state index in [9.17, 15) is 14.3 Å². The van der Waals surface area contributed by atoms with E-state index in [0.29, 0.717) is 0 Å². The van der Waals surface area contributed by atoms with Crippen LogP contribution in [0.2, 0.25) is 0 Å². The third-order valence-electron chi connectivity index (χ3n) is 2.00. The fourth-order valence-electron chi connectivity index (χ4n) is 1.14. The van der Waals surface area contributed by atoms with E-state index in [-0.39, 0.29) is 11.3 Å². The first kappa shape index (κ1) is 11.4. The summed E-state index contributed by atoms with van der Waals surface area (Å²) in [6.07, 6.45) is -3.44. The summed E-state index contributed by atoms with van der Waals surface area (Å²) in [5.41, 5.74) is 9.72. The summed E-state index contributed by atoms with van der Waals surface area (Å²) in [6.45, 7) is 0. The molecule has 1 amide bonds. The lowest BCUT2D eigenvalue weighted by atomic mass is 10.0. The highest BCUT2D eigenvalue weighted by molar-refractivity contribution is 5.79. The Balaban J connectivity index is 3.06. The Labute approximate surface area is 85.1 Å². The van der Waals surface area contributed by atoms with Gasteiger partial charge in [0.15, 0.2) is 6.10 Å². The maximum Gasteiger partial charge on any atom is 0.249 e. The lowest BCUT2D eigenvalue weighted by Gasteiger charge is -2.16. The van der Waals surface area contributed by atoms with Gasteiger partial charge in [0.05, 0.1) is 5.69 Å². The Morgan fingerprint density at radius 2 is 2.00 bits per heavy atom. The highest BCUT2D eigenvalue weighted by Crippen LogP contribution is 2.25. The van der Waals surface area contributed by atoms with Gasteiger partial charge in [0.1, 0.15) is 11.9 Å². The molecule has 0 fully saturated rings. The topological polar surface area (TPSA) is 110 Å². The van der Waals surface area contributed by atoms with Gasteiger partial charge in [0.2, 0.25) is 5.91 Å². The highest BCUT2D eigenvalue weighted by atomic mass is 19.1. The molecule has 0 saturated heterocycles. The summed E-state index contributed by atoms with van der Waals surface area (Å²) < 4.78 is 13.0. The number of carbonyl (C=O) groups excluding carboxylic acids is 1. The number of halogens is 1. The standard InChI is InChI=1S/C9H11FN2O3/c10-5-3-1-2-4(6(5)11)7(13)8(14)9(12)15/h1-3,7-8,13-14H,11H2,(H2,12,15). The molecule has 1 rings (SSSR count). The smallest absolute Gasteiger partial charge is 0.249 e. The predicted molar refractivity (Wildman–Crippen MR) is 51.0 cm³/mol. The number of aliphatic hydroxyl groups excluding tert-OH is 2. The van der Waals surface area contributed by atoms with Crippen LogP contribution in [0.5, 0.6) is 0 Å². The van der Waals surface area contributed by atoms with E-state index in [2.05, 4.69) is 0 Å². The molecule has 2 atom stereocenters. The van der Waals surface area contributed by atoms with Crippen LogP contribution in [0.3, 0.4) is 0 Å². The quantitative estimate of drug-likeness (QED) is 0.498. The van der Waals surface area contributed by atoms with Crippen LogP contribution in [0.4, 0.5) is 10.1 Å². The summed E-state index contributed by atoms with van der Waals surface area (Å²) in [4.78, 5) is 10.6. The molecule has 0 aliphatic rings. The minimum absolute atomic E-state index is 0.0682. The summed E-state index contributed by atoms with van der Waals surface area (Å²) in [6, 6.07) is 3.70. The van der Waals surface area contributed by atoms with Crippen LogP contribution in [0.1, 0.15) is 11.7 Å². The van der Waals surface area contributed by atoms with E-state index in [1.165, 1.54) is 12.1 Å². The van der Waals surface area contributed by atoms with Gasteiger partial charge >= 0.3 is 0 Å². The third kappa shape index (κ3) is 2.23. The minimum atomic E-state index is -1.81. The van der Waals surface area contributed by atoms with Crippen molar-refractivity contribution < 1.29 is 19.4 Å². The van der Waals surface area contributed by atoms with Crippen LogP contribution in [0.25, 0.3) is 0 Å². The van der Waals surface area contributed by atoms with Gasteiger partial charge in [-0.3, -0.25) is 4.79 Å². The maximum absolute atomic E-state index is 13.0. The fourth-order valence-corrected chi connectivity index (χ4v) is 1.14. The van der Waals surface area contributed by atoms with Crippen molar-refractivity contribution in [1.82, 2.24) is 0 Å². The number of hydrogen-bond acceptors (Lipinski definition) is 4. The van der Waals surface area contributed by atoms with E-state index < -0.39 is 23.9 Å². The van der Waals surface area contributed by atoms with Crippen molar-refractivity contribution in [2.24, 2.45) is 5.73 Å². The molecule has 15 heavy (non-hydrogen) atoms. The molecular formula is C9H11FN2O3. The molecule has 0 saturated carbocycles. The molecule has 6 heteroatoms. The number of anilines is 1. The number of hydrogen-bond donors (Lipinski definition) is 4. The number of aliphatic hydroxyl groups is 2. The third-order valence-corrected chi connectivity index (χ3v) is 2.00. The minimum Gasteiger partial charge on any atom is -0.396 e. The van der Waals surface area contributed by atoms with Crippen LogP contribution in [-0.4, -0.2) is 22.2 Å². The lowest BCUT2D eigenvalue weighted by Crippen LogP contribution is -2.34. The van der Waals surface area contributed by atoms with Gasteiger partial charge in [-0.05, 0) is 6.07 Å². The van der Waals surface area contributed by atoms with Crippen molar-refractivity contribution in [2.45, 2.75) is 12.2 Å². The zero-order valence-electron chi connectivity index (χ0n) is 7.72. The summed E-state index contributed by atoms with van der Waals surface area (Å²) in [5, 5.41) is 18.6. The van der Waals surface area contributed by atoms with Crippen LogP contribution in [-0.2, 0) is 4.79 Å². The van der Waals surface area contributed by atoms with E-state index in [0.717, 1.165) is 6.07 Å². The zero-order valence-corrected chi connectivity index (χ0v) is 7.72. The number of para-hydroxylation sites is 1. The molecule has 5 nitrogen and oxygen atoms in total. The molecule has 0 aliphatic heterocycles. The molecule has 2 unspecified atom stereocenters. The number of nitrogens with two attached hydrogens (primary N) is 2. The van der Waals surface area contributed by atoms with Gasteiger partial charge in [0, 0.05) is 5.56 Å². The Kier molecular flexibility index (Phi) is 3.23. The molecule has 0 aliphatic carbocycles. The largest absolute Gasteiger partial charge is 0.396 e. The first-order chi connectivity index (χ1) is 6.95. The number of nitrogen functional groups attached to an aromatic ring is 1. The van der Waals surface area contributed by atoms with Crippen LogP contribution >= 0.6 is 0 Å². The second kappa shape index (κ2) is 4.24. The molecule has 0 radical (unpaired) electrons. The van der Waals surface area contributed by atoms with Crippen molar-refractivity contribution in [3.63, 3.8) is 0 Å².